The molecule has 86 valence electrons. The van der Waals surface area contributed by atoms with Gasteiger partial charge in [-0.2, -0.15) is 5.06 Å². The SMILES string of the molecule is CC(C)(N)c1ccccc1N1OCCC1=O. The molecule has 1 aliphatic rings. The fourth-order valence-electron chi connectivity index (χ4n) is 1.80. The van der Waals surface area contributed by atoms with E-state index in [2.05, 4.69) is 0 Å². The summed E-state index contributed by atoms with van der Waals surface area (Å²) < 4.78 is 0. The molecule has 0 aromatic heterocycles. The van der Waals surface area contributed by atoms with Crippen molar-refractivity contribution in [2.45, 2.75) is 25.8 Å². The Labute approximate surface area is 94.9 Å². The van der Waals surface area contributed by atoms with Crippen molar-refractivity contribution >= 4 is 11.6 Å². The molecule has 1 fully saturated rings. The average molecular weight is 220 g/mol. The Bertz CT molecular complexity index is 410. The molecule has 1 heterocycles. The fraction of sp³-hybridized carbons (Fsp3) is 0.417. The van der Waals surface area contributed by atoms with Crippen LogP contribution in [0.3, 0.4) is 0 Å². The number of nitrogens with zero attached hydrogens (tertiary/aromatic N) is 1. The van der Waals surface area contributed by atoms with Crippen LogP contribution < -0.4 is 10.8 Å². The molecule has 0 bridgehead atoms. The van der Waals surface area contributed by atoms with Gasteiger partial charge >= 0.3 is 0 Å². The Balaban J connectivity index is 2.44. The van der Waals surface area contributed by atoms with Gasteiger partial charge in [0.15, 0.2) is 0 Å². The molecule has 0 unspecified atom stereocenters. The molecule has 1 aromatic rings. The van der Waals surface area contributed by atoms with E-state index in [9.17, 15) is 4.79 Å². The van der Waals surface area contributed by atoms with Crippen LogP contribution in [0.2, 0.25) is 0 Å². The van der Waals surface area contributed by atoms with Crippen LogP contribution in [-0.2, 0) is 15.2 Å². The number of para-hydroxylation sites is 1. The summed E-state index contributed by atoms with van der Waals surface area (Å²) in [5.74, 6) is -0.0169. The lowest BCUT2D eigenvalue weighted by Gasteiger charge is -2.26. The number of hydrogen-bond donors (Lipinski definition) is 1. The molecule has 0 aliphatic carbocycles. The molecule has 0 saturated carbocycles. The number of rotatable bonds is 2. The van der Waals surface area contributed by atoms with E-state index in [1.54, 1.807) is 0 Å². The second-order valence-electron chi connectivity index (χ2n) is 4.51. The second-order valence-corrected chi connectivity index (χ2v) is 4.51. The van der Waals surface area contributed by atoms with Crippen molar-refractivity contribution < 1.29 is 9.63 Å². The zero-order valence-corrected chi connectivity index (χ0v) is 9.56. The number of hydroxylamine groups is 1. The standard InChI is InChI=1S/C12H16N2O2/c1-12(2,13)9-5-3-4-6-10(9)14-11(15)7-8-16-14/h3-6H,7-8,13H2,1-2H3. The van der Waals surface area contributed by atoms with Crippen molar-refractivity contribution in [2.24, 2.45) is 5.73 Å². The van der Waals surface area contributed by atoms with Gasteiger partial charge in [-0.15, -0.1) is 0 Å². The number of anilines is 1. The van der Waals surface area contributed by atoms with Crippen molar-refractivity contribution in [1.29, 1.82) is 0 Å². The number of benzene rings is 1. The molecule has 2 rings (SSSR count). The van der Waals surface area contributed by atoms with Gasteiger partial charge in [0.2, 0.25) is 0 Å². The van der Waals surface area contributed by atoms with Crippen LogP contribution >= 0.6 is 0 Å². The van der Waals surface area contributed by atoms with Crippen molar-refractivity contribution in [1.82, 2.24) is 0 Å². The highest BCUT2D eigenvalue weighted by atomic mass is 16.7. The highest BCUT2D eigenvalue weighted by Gasteiger charge is 2.28. The van der Waals surface area contributed by atoms with E-state index < -0.39 is 5.54 Å². The number of nitrogens with two attached hydrogens (primary N) is 1. The summed E-state index contributed by atoms with van der Waals surface area (Å²) >= 11 is 0. The molecule has 1 amide bonds. The minimum absolute atomic E-state index is 0.0169. The minimum Gasteiger partial charge on any atom is -0.322 e. The maximum atomic E-state index is 11.6. The Hall–Kier alpha value is -1.39. The van der Waals surface area contributed by atoms with E-state index in [0.717, 1.165) is 11.3 Å². The lowest BCUT2D eigenvalue weighted by atomic mass is 9.94. The molecule has 4 nitrogen and oxygen atoms in total. The third-order valence-electron chi connectivity index (χ3n) is 2.58. The normalized spacial score (nSPS) is 16.9. The summed E-state index contributed by atoms with van der Waals surface area (Å²) in [6.45, 7) is 4.26. The van der Waals surface area contributed by atoms with Crippen LogP contribution in [0, 0.1) is 0 Å². The van der Waals surface area contributed by atoms with Gasteiger partial charge in [0.25, 0.3) is 5.91 Å². The quantitative estimate of drug-likeness (QED) is 0.822. The lowest BCUT2D eigenvalue weighted by Crippen LogP contribution is -2.33. The van der Waals surface area contributed by atoms with Crippen molar-refractivity contribution in [3.8, 4) is 0 Å². The zero-order chi connectivity index (χ0) is 11.8. The summed E-state index contributed by atoms with van der Waals surface area (Å²) in [5, 5.41) is 1.35. The summed E-state index contributed by atoms with van der Waals surface area (Å²) in [4.78, 5) is 16.9. The molecule has 1 aromatic carbocycles. The van der Waals surface area contributed by atoms with Crippen molar-refractivity contribution in [3.63, 3.8) is 0 Å². The number of amides is 1. The van der Waals surface area contributed by atoms with Gasteiger partial charge in [-0.1, -0.05) is 18.2 Å². The van der Waals surface area contributed by atoms with Crippen LogP contribution in [0.5, 0.6) is 0 Å². The summed E-state index contributed by atoms with van der Waals surface area (Å²) in [5.41, 5.74) is 7.24. The molecule has 2 N–H and O–H groups in total. The summed E-state index contributed by atoms with van der Waals surface area (Å²) in [7, 11) is 0. The average Bonchev–Trinajstić information content (AvgIpc) is 2.63. The molecular weight excluding hydrogens is 204 g/mol. The third-order valence-corrected chi connectivity index (χ3v) is 2.58. The molecule has 0 radical (unpaired) electrons. The molecule has 16 heavy (non-hydrogen) atoms. The van der Waals surface area contributed by atoms with Crippen LogP contribution in [0.25, 0.3) is 0 Å². The molecule has 4 heteroatoms. The van der Waals surface area contributed by atoms with Crippen molar-refractivity contribution in [3.05, 3.63) is 29.8 Å². The Morgan fingerprint density at radius 1 is 1.38 bits per heavy atom. The monoisotopic (exact) mass is 220 g/mol. The van der Waals surface area contributed by atoms with Gasteiger partial charge in [-0.05, 0) is 25.5 Å². The maximum absolute atomic E-state index is 11.6. The predicted molar refractivity (Wildman–Crippen MR) is 61.7 cm³/mol. The molecule has 0 atom stereocenters. The van der Waals surface area contributed by atoms with Gasteiger partial charge in [0.1, 0.15) is 0 Å². The molecular formula is C12H16N2O2. The van der Waals surface area contributed by atoms with Crippen LogP contribution in [0.15, 0.2) is 24.3 Å². The molecule has 1 saturated heterocycles. The van der Waals surface area contributed by atoms with E-state index in [-0.39, 0.29) is 5.91 Å². The highest BCUT2D eigenvalue weighted by molar-refractivity contribution is 5.93. The minimum atomic E-state index is -0.497. The van der Waals surface area contributed by atoms with Gasteiger partial charge in [0, 0.05) is 5.54 Å². The number of hydrogen-bond acceptors (Lipinski definition) is 3. The smallest absolute Gasteiger partial charge is 0.253 e. The molecule has 1 aliphatic heterocycles. The topological polar surface area (TPSA) is 55.6 Å². The first kappa shape index (κ1) is 11.1. The first-order valence-electron chi connectivity index (χ1n) is 5.34. The van der Waals surface area contributed by atoms with E-state index >= 15 is 0 Å². The highest BCUT2D eigenvalue weighted by Crippen LogP contribution is 2.30. The first-order valence-corrected chi connectivity index (χ1v) is 5.34. The first-order chi connectivity index (χ1) is 7.50. The van der Waals surface area contributed by atoms with Gasteiger partial charge in [-0.25, -0.2) is 0 Å². The van der Waals surface area contributed by atoms with E-state index in [1.807, 2.05) is 38.1 Å². The molecule has 0 spiro atoms. The van der Waals surface area contributed by atoms with E-state index in [1.165, 1.54) is 5.06 Å². The van der Waals surface area contributed by atoms with E-state index in [4.69, 9.17) is 10.6 Å². The van der Waals surface area contributed by atoms with Crippen LogP contribution in [0.4, 0.5) is 5.69 Å². The number of carbonyl (C=O) groups is 1. The van der Waals surface area contributed by atoms with Gasteiger partial charge < -0.3 is 5.73 Å². The maximum Gasteiger partial charge on any atom is 0.253 e. The van der Waals surface area contributed by atoms with E-state index in [0.29, 0.717) is 13.0 Å². The third kappa shape index (κ3) is 1.94. The second kappa shape index (κ2) is 3.88. The number of carbonyl (C=O) groups excluding carboxylic acids is 1. The summed E-state index contributed by atoms with van der Waals surface area (Å²) in [6.07, 6.45) is 0.430. The lowest BCUT2D eigenvalue weighted by molar-refractivity contribution is -0.119. The largest absolute Gasteiger partial charge is 0.322 e. The van der Waals surface area contributed by atoms with Gasteiger partial charge in [0.05, 0.1) is 18.7 Å². The van der Waals surface area contributed by atoms with Crippen LogP contribution in [-0.4, -0.2) is 12.5 Å². The zero-order valence-electron chi connectivity index (χ0n) is 9.56. The Morgan fingerprint density at radius 3 is 2.62 bits per heavy atom. The Kier molecular flexibility index (Phi) is 2.69. The summed E-state index contributed by atoms with van der Waals surface area (Å²) in [6, 6.07) is 7.56. The Morgan fingerprint density at radius 2 is 2.06 bits per heavy atom. The van der Waals surface area contributed by atoms with Crippen LogP contribution in [0.1, 0.15) is 25.8 Å². The predicted octanol–water partition coefficient (Wildman–Crippen LogP) is 1.55. The van der Waals surface area contributed by atoms with Gasteiger partial charge in [-0.3, -0.25) is 9.63 Å². The fourth-order valence-corrected chi connectivity index (χ4v) is 1.80. The van der Waals surface area contributed by atoms with Crippen molar-refractivity contribution in [2.75, 3.05) is 11.7 Å².